The van der Waals surface area contributed by atoms with Crippen LogP contribution in [0.15, 0.2) is 41.3 Å². The summed E-state index contributed by atoms with van der Waals surface area (Å²) in [5, 5.41) is 11.5. The minimum absolute atomic E-state index is 0.278. The van der Waals surface area contributed by atoms with E-state index in [0.717, 1.165) is 18.2 Å². The molecule has 0 heterocycles. The van der Waals surface area contributed by atoms with Gasteiger partial charge in [-0.25, -0.2) is 13.1 Å². The van der Waals surface area contributed by atoms with Crippen molar-refractivity contribution in [3.63, 3.8) is 0 Å². The fourth-order valence-electron chi connectivity index (χ4n) is 2.66. The van der Waals surface area contributed by atoms with Crippen molar-refractivity contribution in [2.45, 2.75) is 44.4 Å². The van der Waals surface area contributed by atoms with Crippen LogP contribution in [-0.2, 0) is 14.8 Å². The van der Waals surface area contributed by atoms with E-state index in [-0.39, 0.29) is 16.6 Å². The Kier molecular flexibility index (Phi) is 5.83. The molecule has 2 aromatic rings. The number of aromatic hydroxyl groups is 1. The summed E-state index contributed by atoms with van der Waals surface area (Å²) in [4.78, 5) is 12.0. The number of hydrogen-bond donors (Lipinski definition) is 2. The molecule has 1 amide bonds. The van der Waals surface area contributed by atoms with Gasteiger partial charge in [-0.3, -0.25) is 4.79 Å². The molecular formula is C18H23NO4S. The SMILES string of the molecule is CCCCC(CC)C(=O)NS(=O)(=O)c1cc2ccccc2cc1O. The van der Waals surface area contributed by atoms with Gasteiger partial charge in [0.05, 0.1) is 0 Å². The molecule has 0 spiro atoms. The molecule has 1 atom stereocenters. The van der Waals surface area contributed by atoms with Gasteiger partial charge in [0.2, 0.25) is 5.91 Å². The van der Waals surface area contributed by atoms with E-state index < -0.39 is 15.9 Å². The number of carbonyl (C=O) groups is 1. The first-order valence-corrected chi connectivity index (χ1v) is 9.65. The third-order valence-corrected chi connectivity index (χ3v) is 5.50. The molecule has 2 rings (SSSR count). The van der Waals surface area contributed by atoms with Crippen molar-refractivity contribution in [2.75, 3.05) is 0 Å². The molecule has 2 N–H and O–H groups in total. The van der Waals surface area contributed by atoms with Crippen molar-refractivity contribution >= 4 is 26.7 Å². The second-order valence-corrected chi connectivity index (χ2v) is 7.54. The van der Waals surface area contributed by atoms with Crippen LogP contribution < -0.4 is 4.72 Å². The molecule has 0 aliphatic heterocycles. The van der Waals surface area contributed by atoms with E-state index in [9.17, 15) is 18.3 Å². The van der Waals surface area contributed by atoms with Crippen molar-refractivity contribution < 1.29 is 18.3 Å². The van der Waals surface area contributed by atoms with Crippen LogP contribution in [0.3, 0.4) is 0 Å². The zero-order valence-corrected chi connectivity index (χ0v) is 14.8. The predicted octanol–water partition coefficient (Wildman–Crippen LogP) is 3.57. The smallest absolute Gasteiger partial charge is 0.267 e. The summed E-state index contributed by atoms with van der Waals surface area (Å²) >= 11 is 0. The van der Waals surface area contributed by atoms with Gasteiger partial charge in [0, 0.05) is 5.92 Å². The van der Waals surface area contributed by atoms with Gasteiger partial charge in [0.25, 0.3) is 10.0 Å². The number of rotatable bonds is 7. The molecule has 0 radical (unpaired) electrons. The van der Waals surface area contributed by atoms with Gasteiger partial charge in [0.15, 0.2) is 0 Å². The number of sulfonamides is 1. The molecule has 130 valence electrons. The Morgan fingerprint density at radius 2 is 1.79 bits per heavy atom. The Bertz CT molecular complexity index is 830. The topological polar surface area (TPSA) is 83.5 Å². The number of fused-ring (bicyclic) bond motifs is 1. The summed E-state index contributed by atoms with van der Waals surface area (Å²) in [7, 11) is -4.11. The van der Waals surface area contributed by atoms with Crippen LogP contribution in [0.1, 0.15) is 39.5 Å². The quantitative estimate of drug-likeness (QED) is 0.800. The molecule has 2 aromatic carbocycles. The number of benzene rings is 2. The van der Waals surface area contributed by atoms with Crippen molar-refractivity contribution in [3.05, 3.63) is 36.4 Å². The summed E-state index contributed by atoms with van der Waals surface area (Å²) in [5.74, 6) is -1.23. The third kappa shape index (κ3) is 4.06. The molecule has 0 bridgehead atoms. The van der Waals surface area contributed by atoms with Gasteiger partial charge >= 0.3 is 0 Å². The normalized spacial score (nSPS) is 12.9. The first-order valence-electron chi connectivity index (χ1n) is 8.17. The van der Waals surface area contributed by atoms with Gasteiger partial charge in [0.1, 0.15) is 10.6 Å². The molecular weight excluding hydrogens is 326 g/mol. The number of carbonyl (C=O) groups excluding carboxylic acids is 1. The van der Waals surface area contributed by atoms with Crippen LogP contribution in [0.5, 0.6) is 5.75 Å². The molecule has 0 saturated carbocycles. The molecule has 6 heteroatoms. The highest BCUT2D eigenvalue weighted by Gasteiger charge is 2.25. The molecule has 5 nitrogen and oxygen atoms in total. The summed E-state index contributed by atoms with van der Waals surface area (Å²) in [6.07, 6.45) is 3.04. The number of hydrogen-bond acceptors (Lipinski definition) is 4. The lowest BCUT2D eigenvalue weighted by molar-refractivity contribution is -0.123. The number of nitrogens with one attached hydrogen (secondary N) is 1. The summed E-state index contributed by atoms with van der Waals surface area (Å²) in [6.45, 7) is 3.88. The van der Waals surface area contributed by atoms with Crippen LogP contribution in [0.4, 0.5) is 0 Å². The second-order valence-electron chi connectivity index (χ2n) is 5.88. The molecule has 0 aromatic heterocycles. The zero-order valence-electron chi connectivity index (χ0n) is 14.0. The van der Waals surface area contributed by atoms with E-state index in [2.05, 4.69) is 4.72 Å². The minimum atomic E-state index is -4.11. The van der Waals surface area contributed by atoms with E-state index >= 15 is 0 Å². The predicted molar refractivity (Wildman–Crippen MR) is 94.2 cm³/mol. The maximum atomic E-state index is 12.5. The Morgan fingerprint density at radius 3 is 2.38 bits per heavy atom. The van der Waals surface area contributed by atoms with Gasteiger partial charge < -0.3 is 5.11 Å². The molecule has 0 fully saturated rings. The molecule has 24 heavy (non-hydrogen) atoms. The van der Waals surface area contributed by atoms with Gasteiger partial charge in [-0.1, -0.05) is 51.0 Å². The summed E-state index contributed by atoms with van der Waals surface area (Å²) < 4.78 is 27.1. The second kappa shape index (κ2) is 7.66. The number of phenols is 1. The van der Waals surface area contributed by atoms with Crippen molar-refractivity contribution in [1.29, 1.82) is 0 Å². The third-order valence-electron chi connectivity index (χ3n) is 4.12. The average molecular weight is 349 g/mol. The van der Waals surface area contributed by atoms with Crippen LogP contribution in [0.25, 0.3) is 10.8 Å². The lowest BCUT2D eigenvalue weighted by Crippen LogP contribution is -2.35. The fourth-order valence-corrected chi connectivity index (χ4v) is 3.82. The zero-order chi connectivity index (χ0) is 17.7. The van der Waals surface area contributed by atoms with E-state index in [1.54, 1.807) is 24.3 Å². The van der Waals surface area contributed by atoms with Crippen LogP contribution in [0, 0.1) is 5.92 Å². The summed E-state index contributed by atoms with van der Waals surface area (Å²) in [6, 6.07) is 9.90. The summed E-state index contributed by atoms with van der Waals surface area (Å²) in [5.41, 5.74) is 0. The molecule has 0 aliphatic carbocycles. The first kappa shape index (κ1) is 18.3. The maximum absolute atomic E-state index is 12.5. The van der Waals surface area contributed by atoms with Crippen LogP contribution in [-0.4, -0.2) is 19.4 Å². The Morgan fingerprint density at radius 1 is 1.17 bits per heavy atom. The van der Waals surface area contributed by atoms with Gasteiger partial charge in [-0.15, -0.1) is 0 Å². The lowest BCUT2D eigenvalue weighted by atomic mass is 9.99. The number of unbranched alkanes of at least 4 members (excludes halogenated alkanes) is 1. The molecule has 0 aliphatic rings. The van der Waals surface area contributed by atoms with E-state index in [4.69, 9.17) is 0 Å². The van der Waals surface area contributed by atoms with E-state index in [1.165, 1.54) is 12.1 Å². The highest BCUT2D eigenvalue weighted by atomic mass is 32.2. The lowest BCUT2D eigenvalue weighted by Gasteiger charge is -2.15. The first-order chi connectivity index (χ1) is 11.4. The van der Waals surface area contributed by atoms with E-state index in [0.29, 0.717) is 18.2 Å². The highest BCUT2D eigenvalue weighted by molar-refractivity contribution is 7.90. The van der Waals surface area contributed by atoms with Crippen LogP contribution in [0.2, 0.25) is 0 Å². The number of phenolic OH excluding ortho intramolecular Hbond substituents is 1. The maximum Gasteiger partial charge on any atom is 0.267 e. The van der Waals surface area contributed by atoms with Gasteiger partial charge in [-0.05, 0) is 35.7 Å². The Balaban J connectivity index is 2.30. The highest BCUT2D eigenvalue weighted by Crippen LogP contribution is 2.28. The minimum Gasteiger partial charge on any atom is -0.506 e. The number of amides is 1. The molecule has 1 unspecified atom stereocenters. The Hall–Kier alpha value is -2.08. The van der Waals surface area contributed by atoms with Crippen molar-refractivity contribution in [2.24, 2.45) is 5.92 Å². The van der Waals surface area contributed by atoms with Crippen LogP contribution >= 0.6 is 0 Å². The molecule has 0 saturated heterocycles. The van der Waals surface area contributed by atoms with Crippen molar-refractivity contribution in [3.8, 4) is 5.75 Å². The Labute approximate surface area is 142 Å². The van der Waals surface area contributed by atoms with Gasteiger partial charge in [-0.2, -0.15) is 0 Å². The van der Waals surface area contributed by atoms with E-state index in [1.807, 2.05) is 13.8 Å². The fraction of sp³-hybridized carbons (Fsp3) is 0.389. The van der Waals surface area contributed by atoms with Crippen molar-refractivity contribution in [1.82, 2.24) is 4.72 Å². The monoisotopic (exact) mass is 349 g/mol. The largest absolute Gasteiger partial charge is 0.506 e. The standard InChI is InChI=1S/C18H23NO4S/c1-3-5-8-13(4-2)18(21)19-24(22,23)17-12-15-10-7-6-9-14(15)11-16(17)20/h6-7,9-13,20H,3-5,8H2,1-2H3,(H,19,21). The average Bonchev–Trinajstić information content (AvgIpc) is 2.54.